The topological polar surface area (TPSA) is 60.9 Å². The van der Waals surface area contributed by atoms with E-state index in [9.17, 15) is 4.79 Å². The Balaban J connectivity index is 1.32. The van der Waals surface area contributed by atoms with Crippen LogP contribution >= 0.6 is 0 Å². The van der Waals surface area contributed by atoms with Gasteiger partial charge in [0.05, 0.1) is 25.3 Å². The summed E-state index contributed by atoms with van der Waals surface area (Å²) in [4.78, 5) is 18.5. The number of carbonyl (C=O) groups is 1. The number of rotatable bonds is 3. The van der Waals surface area contributed by atoms with Crippen LogP contribution in [0.2, 0.25) is 0 Å². The molecule has 2 aromatic rings. The molecule has 1 aromatic carbocycles. The van der Waals surface area contributed by atoms with Gasteiger partial charge in [0, 0.05) is 37.3 Å². The van der Waals surface area contributed by atoms with Crippen molar-refractivity contribution in [3.05, 3.63) is 36.4 Å². The van der Waals surface area contributed by atoms with Gasteiger partial charge in [0.25, 0.3) is 0 Å². The van der Waals surface area contributed by atoms with Crippen LogP contribution in [0.3, 0.4) is 0 Å². The molecule has 1 unspecified atom stereocenters. The minimum atomic E-state index is -0.246. The molecular formula is C19H22N2O4. The van der Waals surface area contributed by atoms with Crippen molar-refractivity contribution in [1.29, 1.82) is 0 Å². The summed E-state index contributed by atoms with van der Waals surface area (Å²) in [6.45, 7) is 2.52. The molecule has 2 saturated heterocycles. The summed E-state index contributed by atoms with van der Waals surface area (Å²) >= 11 is 0. The van der Waals surface area contributed by atoms with E-state index in [2.05, 4.69) is 4.98 Å². The SMILES string of the molecule is O=C(OC1CCOCC1)N1CCC(Oc2ccc3ccccc3n2)C1. The summed E-state index contributed by atoms with van der Waals surface area (Å²) in [6, 6.07) is 11.8. The highest BCUT2D eigenvalue weighted by Crippen LogP contribution is 2.21. The van der Waals surface area contributed by atoms with E-state index in [-0.39, 0.29) is 18.3 Å². The van der Waals surface area contributed by atoms with Gasteiger partial charge in [-0.3, -0.25) is 0 Å². The lowest BCUT2D eigenvalue weighted by Gasteiger charge is -2.25. The van der Waals surface area contributed by atoms with Crippen molar-refractivity contribution in [2.45, 2.75) is 31.5 Å². The first kappa shape index (κ1) is 16.1. The fourth-order valence-electron chi connectivity index (χ4n) is 3.28. The largest absolute Gasteiger partial charge is 0.472 e. The van der Waals surface area contributed by atoms with Crippen molar-refractivity contribution in [2.75, 3.05) is 26.3 Å². The molecule has 2 aliphatic rings. The smallest absolute Gasteiger partial charge is 0.410 e. The molecule has 0 N–H and O–H groups in total. The third-order valence-corrected chi connectivity index (χ3v) is 4.70. The van der Waals surface area contributed by atoms with Crippen LogP contribution in [-0.4, -0.2) is 54.5 Å². The number of amides is 1. The minimum absolute atomic E-state index is 0.0247. The second-order valence-corrected chi connectivity index (χ2v) is 6.51. The van der Waals surface area contributed by atoms with Crippen molar-refractivity contribution in [2.24, 2.45) is 0 Å². The quantitative estimate of drug-likeness (QED) is 0.858. The van der Waals surface area contributed by atoms with Crippen LogP contribution in [0.5, 0.6) is 5.88 Å². The molecule has 132 valence electrons. The Labute approximate surface area is 146 Å². The molecule has 3 heterocycles. The molecule has 0 spiro atoms. The van der Waals surface area contributed by atoms with Crippen LogP contribution in [-0.2, 0) is 9.47 Å². The van der Waals surface area contributed by atoms with Gasteiger partial charge in [-0.05, 0) is 12.1 Å². The Kier molecular flexibility index (Phi) is 4.70. The molecule has 6 nitrogen and oxygen atoms in total. The van der Waals surface area contributed by atoms with Gasteiger partial charge in [-0.25, -0.2) is 9.78 Å². The van der Waals surface area contributed by atoms with Gasteiger partial charge in [-0.15, -0.1) is 0 Å². The number of pyridine rings is 1. The average Bonchev–Trinajstić information content (AvgIpc) is 3.11. The van der Waals surface area contributed by atoms with Crippen LogP contribution in [0.15, 0.2) is 36.4 Å². The second-order valence-electron chi connectivity index (χ2n) is 6.51. The van der Waals surface area contributed by atoms with Gasteiger partial charge >= 0.3 is 6.09 Å². The van der Waals surface area contributed by atoms with Gasteiger partial charge in [-0.1, -0.05) is 18.2 Å². The highest BCUT2D eigenvalue weighted by Gasteiger charge is 2.30. The fourth-order valence-corrected chi connectivity index (χ4v) is 3.28. The standard InChI is InChI=1S/C19H22N2O4/c22-19(25-15-8-11-23-12-9-15)21-10-7-16(13-21)24-18-6-5-14-3-1-2-4-17(14)20-18/h1-6,15-16H,7-13H2. The summed E-state index contributed by atoms with van der Waals surface area (Å²) in [5.41, 5.74) is 0.911. The lowest BCUT2D eigenvalue weighted by molar-refractivity contribution is -0.00898. The summed E-state index contributed by atoms with van der Waals surface area (Å²) in [5.74, 6) is 0.600. The molecule has 4 rings (SSSR count). The van der Waals surface area contributed by atoms with Crippen molar-refractivity contribution >= 4 is 17.0 Å². The summed E-state index contributed by atoms with van der Waals surface area (Å²) in [5, 5.41) is 1.09. The van der Waals surface area contributed by atoms with E-state index in [0.717, 1.165) is 30.2 Å². The van der Waals surface area contributed by atoms with Crippen LogP contribution in [0, 0.1) is 0 Å². The van der Waals surface area contributed by atoms with Crippen LogP contribution in [0.25, 0.3) is 10.9 Å². The molecule has 0 radical (unpaired) electrons. The monoisotopic (exact) mass is 342 g/mol. The first-order valence-corrected chi connectivity index (χ1v) is 8.84. The third kappa shape index (κ3) is 3.85. The van der Waals surface area contributed by atoms with Crippen molar-refractivity contribution < 1.29 is 19.0 Å². The Morgan fingerprint density at radius 1 is 1.08 bits per heavy atom. The number of fused-ring (bicyclic) bond motifs is 1. The predicted molar refractivity (Wildman–Crippen MR) is 92.7 cm³/mol. The van der Waals surface area contributed by atoms with E-state index < -0.39 is 0 Å². The molecule has 1 atom stereocenters. The molecule has 6 heteroatoms. The molecule has 2 fully saturated rings. The zero-order valence-electron chi connectivity index (χ0n) is 14.1. The molecule has 0 bridgehead atoms. The second kappa shape index (κ2) is 7.27. The maximum Gasteiger partial charge on any atom is 0.410 e. The summed E-state index contributed by atoms with van der Waals surface area (Å²) in [6.07, 6.45) is 2.03. The number of hydrogen-bond donors (Lipinski definition) is 0. The number of aromatic nitrogens is 1. The molecule has 2 aliphatic heterocycles. The number of likely N-dealkylation sites (tertiary alicyclic amines) is 1. The zero-order valence-corrected chi connectivity index (χ0v) is 14.1. The molecular weight excluding hydrogens is 320 g/mol. The fraction of sp³-hybridized carbons (Fsp3) is 0.474. The number of nitrogens with zero attached hydrogens (tertiary/aromatic N) is 2. The summed E-state index contributed by atoms with van der Waals surface area (Å²) < 4.78 is 16.8. The number of hydrogen-bond acceptors (Lipinski definition) is 5. The molecule has 0 aliphatic carbocycles. The number of carbonyl (C=O) groups excluding carboxylic acids is 1. The van der Waals surface area contributed by atoms with Crippen LogP contribution < -0.4 is 4.74 Å². The van der Waals surface area contributed by atoms with Crippen LogP contribution in [0.1, 0.15) is 19.3 Å². The lowest BCUT2D eigenvalue weighted by atomic mass is 10.2. The normalized spacial score (nSPS) is 21.4. The first-order chi connectivity index (χ1) is 12.3. The van der Waals surface area contributed by atoms with E-state index in [1.54, 1.807) is 4.90 Å². The Morgan fingerprint density at radius 2 is 1.92 bits per heavy atom. The van der Waals surface area contributed by atoms with E-state index >= 15 is 0 Å². The maximum absolute atomic E-state index is 12.3. The first-order valence-electron chi connectivity index (χ1n) is 8.84. The van der Waals surface area contributed by atoms with E-state index in [1.165, 1.54) is 0 Å². The Bertz CT molecular complexity index is 745. The van der Waals surface area contributed by atoms with Crippen LogP contribution in [0.4, 0.5) is 4.79 Å². The average molecular weight is 342 g/mol. The van der Waals surface area contributed by atoms with Gasteiger partial charge < -0.3 is 19.1 Å². The van der Waals surface area contributed by atoms with Crippen molar-refractivity contribution in [1.82, 2.24) is 9.88 Å². The number of para-hydroxylation sites is 1. The third-order valence-electron chi connectivity index (χ3n) is 4.70. The van der Waals surface area contributed by atoms with E-state index in [4.69, 9.17) is 14.2 Å². The zero-order chi connectivity index (χ0) is 17.1. The predicted octanol–water partition coefficient (Wildman–Crippen LogP) is 3.00. The highest BCUT2D eigenvalue weighted by atomic mass is 16.6. The molecule has 1 aromatic heterocycles. The van der Waals surface area contributed by atoms with E-state index in [0.29, 0.717) is 32.2 Å². The van der Waals surface area contributed by atoms with Gasteiger partial charge in [-0.2, -0.15) is 0 Å². The highest BCUT2D eigenvalue weighted by molar-refractivity contribution is 5.78. The summed E-state index contributed by atoms with van der Waals surface area (Å²) in [7, 11) is 0. The van der Waals surface area contributed by atoms with Crippen molar-refractivity contribution in [3.63, 3.8) is 0 Å². The molecule has 25 heavy (non-hydrogen) atoms. The maximum atomic E-state index is 12.3. The number of ether oxygens (including phenoxy) is 3. The molecule has 1 amide bonds. The van der Waals surface area contributed by atoms with Gasteiger partial charge in [0.1, 0.15) is 12.2 Å². The molecule has 0 saturated carbocycles. The Hall–Kier alpha value is -2.34. The van der Waals surface area contributed by atoms with Gasteiger partial charge in [0.15, 0.2) is 0 Å². The Morgan fingerprint density at radius 3 is 2.80 bits per heavy atom. The lowest BCUT2D eigenvalue weighted by Crippen LogP contribution is -2.36. The van der Waals surface area contributed by atoms with Crippen molar-refractivity contribution in [3.8, 4) is 5.88 Å². The van der Waals surface area contributed by atoms with Gasteiger partial charge in [0.2, 0.25) is 5.88 Å². The minimum Gasteiger partial charge on any atom is -0.472 e. The van der Waals surface area contributed by atoms with E-state index in [1.807, 2.05) is 36.4 Å². The number of benzene rings is 1.